The van der Waals surface area contributed by atoms with E-state index in [0.717, 1.165) is 24.4 Å². The van der Waals surface area contributed by atoms with E-state index in [1.165, 1.54) is 6.92 Å². The molecule has 0 aromatic heterocycles. The standard InChI is InChI=1S/C12H16Cl2O2Si/c1-10(15)16-12-8-4-3-6-11(12)7-5-9-17(2,13)14/h3-4,6,8H,5,7,9H2,1-2H3. The fourth-order valence-corrected chi connectivity index (χ4v) is 3.15. The predicted molar refractivity (Wildman–Crippen MR) is 74.2 cm³/mol. The minimum absolute atomic E-state index is 0.300. The van der Waals surface area contributed by atoms with E-state index >= 15 is 0 Å². The van der Waals surface area contributed by atoms with Crippen LogP contribution in [0.3, 0.4) is 0 Å². The Morgan fingerprint density at radius 1 is 1.35 bits per heavy atom. The molecule has 1 rings (SSSR count). The van der Waals surface area contributed by atoms with Crippen molar-refractivity contribution < 1.29 is 9.53 Å². The maximum Gasteiger partial charge on any atom is 0.308 e. The Kier molecular flexibility index (Phi) is 5.50. The van der Waals surface area contributed by atoms with E-state index in [1.54, 1.807) is 6.07 Å². The van der Waals surface area contributed by atoms with Gasteiger partial charge in [-0.25, -0.2) is 0 Å². The van der Waals surface area contributed by atoms with Crippen molar-refractivity contribution in [1.29, 1.82) is 0 Å². The second-order valence-corrected chi connectivity index (χ2v) is 12.4. The number of esters is 1. The number of ether oxygens (including phenoxy) is 1. The normalized spacial score (nSPS) is 11.3. The highest BCUT2D eigenvalue weighted by Gasteiger charge is 2.20. The molecule has 2 nitrogen and oxygen atoms in total. The van der Waals surface area contributed by atoms with Crippen molar-refractivity contribution in [3.8, 4) is 5.75 Å². The lowest BCUT2D eigenvalue weighted by molar-refractivity contribution is -0.131. The molecule has 0 aliphatic rings. The van der Waals surface area contributed by atoms with E-state index in [-0.39, 0.29) is 5.97 Å². The first-order valence-corrected chi connectivity index (χ1v) is 10.3. The SMILES string of the molecule is CC(=O)Oc1ccccc1CCC[Si](C)(Cl)Cl. The van der Waals surface area contributed by atoms with Gasteiger partial charge in [-0.1, -0.05) is 18.2 Å². The van der Waals surface area contributed by atoms with Crippen LogP contribution < -0.4 is 4.74 Å². The first kappa shape index (κ1) is 14.5. The van der Waals surface area contributed by atoms with Crippen molar-refractivity contribution in [1.82, 2.24) is 0 Å². The topological polar surface area (TPSA) is 26.3 Å². The van der Waals surface area contributed by atoms with Crippen molar-refractivity contribution in [3.63, 3.8) is 0 Å². The molecule has 0 aliphatic heterocycles. The highest BCUT2D eigenvalue weighted by atomic mass is 35.7. The Labute approximate surface area is 112 Å². The van der Waals surface area contributed by atoms with Crippen LogP contribution in [0.4, 0.5) is 0 Å². The Bertz CT molecular complexity index is 388. The molecule has 0 fully saturated rings. The van der Waals surface area contributed by atoms with Crippen LogP contribution in [0.2, 0.25) is 12.6 Å². The molecule has 0 bridgehead atoms. The van der Waals surface area contributed by atoms with Crippen LogP contribution in [0, 0.1) is 0 Å². The molecule has 0 amide bonds. The molecule has 0 unspecified atom stereocenters. The third kappa shape index (κ3) is 6.10. The number of benzene rings is 1. The van der Waals surface area contributed by atoms with Gasteiger partial charge in [-0.05, 0) is 37.1 Å². The summed E-state index contributed by atoms with van der Waals surface area (Å²) in [7, 11) is 0. The molecule has 0 saturated heterocycles. The van der Waals surface area contributed by atoms with E-state index < -0.39 is 6.69 Å². The van der Waals surface area contributed by atoms with Gasteiger partial charge < -0.3 is 4.74 Å². The summed E-state index contributed by atoms with van der Waals surface area (Å²) in [6.45, 7) is 1.29. The van der Waals surface area contributed by atoms with E-state index in [0.29, 0.717) is 5.75 Å². The smallest absolute Gasteiger partial charge is 0.308 e. The molecule has 0 N–H and O–H groups in total. The molecule has 0 heterocycles. The molecule has 5 heteroatoms. The van der Waals surface area contributed by atoms with Gasteiger partial charge in [0.25, 0.3) is 0 Å². The lowest BCUT2D eigenvalue weighted by Crippen LogP contribution is -2.12. The van der Waals surface area contributed by atoms with Crippen molar-refractivity contribution in [2.24, 2.45) is 0 Å². The van der Waals surface area contributed by atoms with Crippen molar-refractivity contribution >= 4 is 34.8 Å². The lowest BCUT2D eigenvalue weighted by Gasteiger charge is -2.11. The van der Waals surface area contributed by atoms with E-state index in [4.69, 9.17) is 26.9 Å². The third-order valence-corrected chi connectivity index (χ3v) is 4.65. The van der Waals surface area contributed by atoms with Gasteiger partial charge in [-0.2, -0.15) is 0 Å². The van der Waals surface area contributed by atoms with E-state index in [2.05, 4.69) is 0 Å². The van der Waals surface area contributed by atoms with Gasteiger partial charge >= 0.3 is 5.97 Å². The van der Waals surface area contributed by atoms with Crippen LogP contribution >= 0.6 is 22.2 Å². The molecule has 1 aromatic carbocycles. The summed E-state index contributed by atoms with van der Waals surface area (Å²) in [6.07, 6.45) is 1.74. The maximum absolute atomic E-state index is 10.9. The molecular weight excluding hydrogens is 275 g/mol. The Morgan fingerprint density at radius 3 is 2.59 bits per heavy atom. The number of rotatable bonds is 5. The summed E-state index contributed by atoms with van der Waals surface area (Å²) in [4.78, 5) is 10.9. The summed E-state index contributed by atoms with van der Waals surface area (Å²) in [6, 6.07) is 8.38. The zero-order chi connectivity index (χ0) is 12.9. The van der Waals surface area contributed by atoms with E-state index in [9.17, 15) is 4.79 Å². The van der Waals surface area contributed by atoms with Gasteiger partial charge in [0.05, 0.1) is 0 Å². The lowest BCUT2D eigenvalue weighted by atomic mass is 10.1. The second kappa shape index (κ2) is 6.43. The molecule has 0 aliphatic carbocycles. The van der Waals surface area contributed by atoms with Gasteiger partial charge in [0.2, 0.25) is 6.69 Å². The number of carbonyl (C=O) groups excluding carboxylic acids is 1. The quantitative estimate of drug-likeness (QED) is 0.353. The van der Waals surface area contributed by atoms with Gasteiger partial charge in [0.1, 0.15) is 5.75 Å². The number of carbonyl (C=O) groups is 1. The summed E-state index contributed by atoms with van der Waals surface area (Å²) in [5.74, 6) is 0.332. The summed E-state index contributed by atoms with van der Waals surface area (Å²) < 4.78 is 5.13. The van der Waals surface area contributed by atoms with Crippen molar-refractivity contribution in [3.05, 3.63) is 29.8 Å². The molecule has 0 spiro atoms. The Balaban J connectivity index is 2.61. The number of hydrogen-bond acceptors (Lipinski definition) is 2. The zero-order valence-electron chi connectivity index (χ0n) is 10.0. The Morgan fingerprint density at radius 2 is 2.00 bits per heavy atom. The third-order valence-electron chi connectivity index (χ3n) is 2.29. The minimum Gasteiger partial charge on any atom is -0.426 e. The largest absolute Gasteiger partial charge is 0.426 e. The van der Waals surface area contributed by atoms with Crippen LogP contribution in [-0.4, -0.2) is 12.7 Å². The van der Waals surface area contributed by atoms with Gasteiger partial charge in [0.15, 0.2) is 0 Å². The summed E-state index contributed by atoms with van der Waals surface area (Å²) >= 11 is 12.1. The van der Waals surface area contributed by atoms with Crippen LogP contribution in [0.15, 0.2) is 24.3 Å². The highest BCUT2D eigenvalue weighted by Crippen LogP contribution is 2.25. The van der Waals surface area contributed by atoms with Crippen molar-refractivity contribution in [2.45, 2.75) is 32.4 Å². The zero-order valence-corrected chi connectivity index (χ0v) is 12.5. The van der Waals surface area contributed by atoms with Gasteiger partial charge in [-0.15, -0.1) is 22.2 Å². The average Bonchev–Trinajstić information content (AvgIpc) is 2.18. The van der Waals surface area contributed by atoms with Crippen LogP contribution in [-0.2, 0) is 11.2 Å². The van der Waals surface area contributed by atoms with Crippen molar-refractivity contribution in [2.75, 3.05) is 0 Å². The molecule has 94 valence electrons. The molecule has 0 atom stereocenters. The minimum atomic E-state index is -2.02. The summed E-state index contributed by atoms with van der Waals surface area (Å²) in [5.41, 5.74) is 1.02. The average molecular weight is 291 g/mol. The molecule has 0 radical (unpaired) electrons. The second-order valence-electron chi connectivity index (χ2n) is 4.13. The monoisotopic (exact) mass is 290 g/mol. The molecule has 1 aromatic rings. The van der Waals surface area contributed by atoms with E-state index in [1.807, 2.05) is 24.7 Å². The number of para-hydroxylation sites is 1. The first-order chi connectivity index (χ1) is 7.88. The fraction of sp³-hybridized carbons (Fsp3) is 0.417. The number of hydrogen-bond donors (Lipinski definition) is 0. The first-order valence-electron chi connectivity index (χ1n) is 5.52. The fourth-order valence-electron chi connectivity index (χ4n) is 1.55. The van der Waals surface area contributed by atoms with Gasteiger partial charge in [0, 0.05) is 6.92 Å². The number of halogens is 2. The van der Waals surface area contributed by atoms with Crippen LogP contribution in [0.5, 0.6) is 5.75 Å². The molecular formula is C12H16Cl2O2Si. The predicted octanol–water partition coefficient (Wildman–Crippen LogP) is 4.09. The number of aryl methyl sites for hydroxylation is 1. The molecule has 0 saturated carbocycles. The van der Waals surface area contributed by atoms with Crippen LogP contribution in [0.25, 0.3) is 0 Å². The molecule has 17 heavy (non-hydrogen) atoms. The van der Waals surface area contributed by atoms with Crippen LogP contribution in [0.1, 0.15) is 18.9 Å². The summed E-state index contributed by atoms with van der Waals surface area (Å²) in [5, 5.41) is 0. The Hall–Kier alpha value is -0.513. The maximum atomic E-state index is 10.9. The van der Waals surface area contributed by atoms with Gasteiger partial charge in [-0.3, -0.25) is 4.79 Å². The highest BCUT2D eigenvalue weighted by molar-refractivity contribution is 7.44.